The standard InChI is InChI=1S/C23H27FN6/c1-4-17-9-27-21(29-16(3)18-5-6-18)8-19(17)7-15(2)20-10-25-11-22(30-20)28-14-23(24)12-26-13-23/h4,7-11,18,26,29H,2-3,5-6,12-14H2,1H3,(H,28,30)/b17-4-,19-7-. The zero-order valence-corrected chi connectivity index (χ0v) is 17.2. The van der Waals surface area contributed by atoms with Crippen LogP contribution >= 0.6 is 0 Å². The van der Waals surface area contributed by atoms with Gasteiger partial charge in [-0.1, -0.05) is 19.2 Å². The predicted molar refractivity (Wildman–Crippen MR) is 120 cm³/mol. The van der Waals surface area contributed by atoms with Gasteiger partial charge in [-0.15, -0.1) is 0 Å². The Bertz CT molecular complexity index is 1090. The molecule has 1 aliphatic heterocycles. The van der Waals surface area contributed by atoms with Crippen LogP contribution in [0, 0.1) is 5.92 Å². The van der Waals surface area contributed by atoms with Crippen molar-refractivity contribution < 1.29 is 4.39 Å². The van der Waals surface area contributed by atoms with Crippen molar-refractivity contribution in [3.05, 3.63) is 59.6 Å². The van der Waals surface area contributed by atoms with Crippen molar-refractivity contribution in [1.82, 2.24) is 20.3 Å². The summed E-state index contributed by atoms with van der Waals surface area (Å²) >= 11 is 0. The summed E-state index contributed by atoms with van der Waals surface area (Å²) in [6.45, 7) is 11.2. The Morgan fingerprint density at radius 3 is 2.70 bits per heavy atom. The van der Waals surface area contributed by atoms with E-state index < -0.39 is 5.67 Å². The van der Waals surface area contributed by atoms with Gasteiger partial charge in [0.2, 0.25) is 0 Å². The first-order chi connectivity index (χ1) is 14.5. The topological polar surface area (TPSA) is 74.8 Å². The van der Waals surface area contributed by atoms with E-state index in [1.165, 1.54) is 12.8 Å². The van der Waals surface area contributed by atoms with Crippen molar-refractivity contribution in [3.63, 3.8) is 0 Å². The van der Waals surface area contributed by atoms with Crippen LogP contribution in [0.25, 0.3) is 17.7 Å². The molecule has 0 spiro atoms. The molecule has 7 heteroatoms. The molecule has 0 aromatic carbocycles. The summed E-state index contributed by atoms with van der Waals surface area (Å²) in [6.07, 6.45) is 11.4. The molecule has 6 nitrogen and oxygen atoms in total. The van der Waals surface area contributed by atoms with Gasteiger partial charge >= 0.3 is 0 Å². The molecule has 156 valence electrons. The number of alkyl halides is 1. The molecule has 2 aliphatic rings. The molecular formula is C23H27FN6. The van der Waals surface area contributed by atoms with E-state index in [-0.39, 0.29) is 6.54 Å². The van der Waals surface area contributed by atoms with Crippen LogP contribution in [0.1, 0.15) is 25.5 Å². The number of anilines is 2. The molecule has 30 heavy (non-hydrogen) atoms. The third kappa shape index (κ3) is 4.74. The predicted octanol–water partition coefficient (Wildman–Crippen LogP) is 2.22. The zero-order valence-electron chi connectivity index (χ0n) is 17.2. The summed E-state index contributed by atoms with van der Waals surface area (Å²) in [5.74, 6) is 1.85. The number of aromatic nitrogens is 3. The summed E-state index contributed by atoms with van der Waals surface area (Å²) in [6, 6.07) is 1.99. The highest BCUT2D eigenvalue weighted by Crippen LogP contribution is 2.35. The molecule has 2 aromatic heterocycles. The highest BCUT2D eigenvalue weighted by Gasteiger charge is 2.36. The Morgan fingerprint density at radius 1 is 1.23 bits per heavy atom. The summed E-state index contributed by atoms with van der Waals surface area (Å²) in [5, 5.41) is 11.3. The lowest BCUT2D eigenvalue weighted by Crippen LogP contribution is -2.59. The monoisotopic (exact) mass is 406 g/mol. The minimum atomic E-state index is -1.22. The number of allylic oxidation sites excluding steroid dienone is 2. The van der Waals surface area contributed by atoms with Gasteiger partial charge < -0.3 is 16.0 Å². The quantitative estimate of drug-likeness (QED) is 0.624. The molecule has 3 heterocycles. The lowest BCUT2D eigenvalue weighted by atomic mass is 10.00. The number of hydrogen-bond acceptors (Lipinski definition) is 6. The molecule has 0 radical (unpaired) electrons. The Balaban J connectivity index is 1.54. The molecule has 0 atom stereocenters. The Kier molecular flexibility index (Phi) is 5.63. The highest BCUT2D eigenvalue weighted by atomic mass is 19.1. The molecule has 4 rings (SSSR count). The van der Waals surface area contributed by atoms with Crippen molar-refractivity contribution in [2.45, 2.75) is 25.4 Å². The summed E-state index contributed by atoms with van der Waals surface area (Å²) in [5.41, 5.74) is 1.14. The van der Waals surface area contributed by atoms with Crippen molar-refractivity contribution in [3.8, 4) is 0 Å². The molecule has 3 N–H and O–H groups in total. The van der Waals surface area contributed by atoms with Crippen molar-refractivity contribution in [2.24, 2.45) is 5.92 Å². The number of halogens is 1. The molecular weight excluding hydrogens is 379 g/mol. The lowest BCUT2D eigenvalue weighted by molar-refractivity contribution is 0.105. The van der Waals surface area contributed by atoms with Gasteiger partial charge in [0, 0.05) is 25.0 Å². The van der Waals surface area contributed by atoms with Crippen molar-refractivity contribution in [2.75, 3.05) is 30.3 Å². The Hall–Kier alpha value is -3.06. The van der Waals surface area contributed by atoms with E-state index in [0.29, 0.717) is 36.1 Å². The van der Waals surface area contributed by atoms with Crippen LogP contribution in [-0.2, 0) is 0 Å². The first kappa shape index (κ1) is 20.2. The zero-order chi connectivity index (χ0) is 21.1. The summed E-state index contributed by atoms with van der Waals surface area (Å²) < 4.78 is 14.2. The SMILES string of the molecule is C=C(/C=c1/cc(NC(=C)C2CC2)nc/c1=C/C)c1cncc(NCC2(F)CNC2)n1. The second-order valence-electron chi connectivity index (χ2n) is 7.98. The van der Waals surface area contributed by atoms with Crippen LogP contribution in [0.3, 0.4) is 0 Å². The maximum atomic E-state index is 14.2. The van der Waals surface area contributed by atoms with Gasteiger partial charge in [-0.25, -0.2) is 14.4 Å². The van der Waals surface area contributed by atoms with E-state index >= 15 is 0 Å². The van der Waals surface area contributed by atoms with Gasteiger partial charge in [0.25, 0.3) is 0 Å². The molecule has 1 saturated heterocycles. The maximum Gasteiger partial charge on any atom is 0.152 e. The minimum Gasteiger partial charge on any atom is -0.365 e. The fourth-order valence-electron chi connectivity index (χ4n) is 3.25. The number of rotatable bonds is 8. The fraction of sp³-hybridized carbons (Fsp3) is 0.348. The first-order valence-corrected chi connectivity index (χ1v) is 10.2. The third-order valence-corrected chi connectivity index (χ3v) is 5.40. The summed E-state index contributed by atoms with van der Waals surface area (Å²) in [7, 11) is 0. The second kappa shape index (κ2) is 8.36. The molecule has 1 saturated carbocycles. The maximum absolute atomic E-state index is 14.2. The molecule has 1 aliphatic carbocycles. The van der Waals surface area contributed by atoms with Gasteiger partial charge in [-0.2, -0.15) is 0 Å². The van der Waals surface area contributed by atoms with Crippen LogP contribution < -0.4 is 26.4 Å². The van der Waals surface area contributed by atoms with Gasteiger partial charge in [-0.3, -0.25) is 4.98 Å². The van der Waals surface area contributed by atoms with E-state index in [2.05, 4.69) is 44.1 Å². The average Bonchev–Trinajstić information content (AvgIpc) is 3.57. The smallest absolute Gasteiger partial charge is 0.152 e. The lowest BCUT2D eigenvalue weighted by Gasteiger charge is -2.35. The molecule has 0 amide bonds. The van der Waals surface area contributed by atoms with E-state index in [1.807, 2.05) is 31.3 Å². The largest absolute Gasteiger partial charge is 0.365 e. The Labute approximate surface area is 175 Å². The Morgan fingerprint density at radius 2 is 2.03 bits per heavy atom. The number of nitrogens with one attached hydrogen (secondary N) is 3. The molecule has 2 aromatic rings. The van der Waals surface area contributed by atoms with Gasteiger partial charge in [0.05, 0.1) is 24.6 Å². The van der Waals surface area contributed by atoms with Crippen LogP contribution in [0.5, 0.6) is 0 Å². The van der Waals surface area contributed by atoms with Crippen LogP contribution in [0.4, 0.5) is 16.0 Å². The fourth-order valence-corrected chi connectivity index (χ4v) is 3.25. The van der Waals surface area contributed by atoms with Crippen LogP contribution in [0.2, 0.25) is 0 Å². The normalized spacial score (nSPS) is 18.6. The second-order valence-corrected chi connectivity index (χ2v) is 7.98. The molecule has 0 unspecified atom stereocenters. The molecule has 0 bridgehead atoms. The van der Waals surface area contributed by atoms with Crippen LogP contribution in [-0.4, -0.2) is 40.3 Å². The third-order valence-electron chi connectivity index (χ3n) is 5.40. The minimum absolute atomic E-state index is 0.202. The average molecular weight is 407 g/mol. The van der Waals surface area contributed by atoms with E-state index in [9.17, 15) is 4.39 Å². The highest BCUT2D eigenvalue weighted by molar-refractivity contribution is 5.85. The van der Waals surface area contributed by atoms with Gasteiger partial charge in [-0.05, 0) is 53.8 Å². The van der Waals surface area contributed by atoms with Crippen molar-refractivity contribution >= 4 is 29.4 Å². The van der Waals surface area contributed by atoms with Gasteiger partial charge in [0.15, 0.2) is 5.67 Å². The number of nitrogens with zero attached hydrogens (tertiary/aromatic N) is 3. The number of hydrogen-bond donors (Lipinski definition) is 3. The first-order valence-electron chi connectivity index (χ1n) is 10.2. The summed E-state index contributed by atoms with van der Waals surface area (Å²) in [4.78, 5) is 13.3. The van der Waals surface area contributed by atoms with E-state index in [0.717, 1.165) is 22.0 Å². The van der Waals surface area contributed by atoms with E-state index in [1.54, 1.807) is 12.4 Å². The van der Waals surface area contributed by atoms with E-state index in [4.69, 9.17) is 0 Å². The molecule has 2 fully saturated rings. The van der Waals surface area contributed by atoms with Crippen molar-refractivity contribution in [1.29, 1.82) is 0 Å². The van der Waals surface area contributed by atoms with Crippen LogP contribution in [0.15, 0.2) is 43.5 Å². The van der Waals surface area contributed by atoms with Gasteiger partial charge in [0.1, 0.15) is 11.6 Å². The number of pyridine rings is 1.